The Morgan fingerprint density at radius 3 is 2.70 bits per heavy atom. The SMILES string of the molecule is C#C/C=C\C(=C/C)CCCN=Cc1cc(C(C)(C)C)ccc1N. The van der Waals surface area contributed by atoms with Gasteiger partial charge in [0, 0.05) is 24.0 Å². The van der Waals surface area contributed by atoms with E-state index in [1.54, 1.807) is 6.08 Å². The van der Waals surface area contributed by atoms with E-state index in [1.165, 1.54) is 11.1 Å². The Kier molecular flexibility index (Phi) is 7.35. The number of hydrogen-bond acceptors (Lipinski definition) is 2. The molecular weight excluding hydrogens is 280 g/mol. The van der Waals surface area contributed by atoms with Crippen LogP contribution < -0.4 is 5.73 Å². The Morgan fingerprint density at radius 1 is 1.35 bits per heavy atom. The lowest BCUT2D eigenvalue weighted by Crippen LogP contribution is -2.12. The molecule has 0 atom stereocenters. The zero-order chi connectivity index (χ0) is 17.3. The first kappa shape index (κ1) is 18.8. The number of aliphatic imine (C=N–C) groups is 1. The smallest absolute Gasteiger partial charge is 0.0403 e. The molecule has 0 amide bonds. The van der Waals surface area contributed by atoms with E-state index in [2.05, 4.69) is 49.9 Å². The number of terminal acetylenes is 1. The van der Waals surface area contributed by atoms with Gasteiger partial charge in [0.05, 0.1) is 0 Å². The summed E-state index contributed by atoms with van der Waals surface area (Å²) < 4.78 is 0. The Hall–Kier alpha value is -2.27. The summed E-state index contributed by atoms with van der Waals surface area (Å²) in [6.45, 7) is 9.39. The van der Waals surface area contributed by atoms with Crippen LogP contribution in [0.2, 0.25) is 0 Å². The second-order valence-corrected chi connectivity index (χ2v) is 6.60. The second-order valence-electron chi connectivity index (χ2n) is 6.60. The monoisotopic (exact) mass is 308 g/mol. The molecule has 1 rings (SSSR count). The van der Waals surface area contributed by atoms with E-state index in [9.17, 15) is 0 Å². The molecule has 122 valence electrons. The van der Waals surface area contributed by atoms with Crippen molar-refractivity contribution < 1.29 is 0 Å². The lowest BCUT2D eigenvalue weighted by molar-refractivity contribution is 0.590. The van der Waals surface area contributed by atoms with Crippen molar-refractivity contribution in [1.82, 2.24) is 0 Å². The number of rotatable bonds is 6. The topological polar surface area (TPSA) is 38.4 Å². The van der Waals surface area contributed by atoms with Gasteiger partial charge in [0.2, 0.25) is 0 Å². The Balaban J connectivity index is 2.62. The van der Waals surface area contributed by atoms with Gasteiger partial charge in [-0.2, -0.15) is 0 Å². The van der Waals surface area contributed by atoms with E-state index < -0.39 is 0 Å². The van der Waals surface area contributed by atoms with Gasteiger partial charge in [0.1, 0.15) is 0 Å². The van der Waals surface area contributed by atoms with Crippen LogP contribution in [0.25, 0.3) is 0 Å². The Labute approximate surface area is 141 Å². The zero-order valence-corrected chi connectivity index (χ0v) is 14.8. The van der Waals surface area contributed by atoms with E-state index in [0.717, 1.165) is 30.6 Å². The standard InChI is InChI=1S/C21H28N2/c1-6-8-10-17(7-2)11-9-14-23-16-18-15-19(21(3,4)5)12-13-20(18)22/h1,7-8,10,12-13,15-16H,9,11,14,22H2,2-5H3/b10-8-,17-7+,23-16?. The van der Waals surface area contributed by atoms with E-state index in [-0.39, 0.29) is 5.41 Å². The lowest BCUT2D eigenvalue weighted by atomic mass is 9.86. The summed E-state index contributed by atoms with van der Waals surface area (Å²) in [6.07, 6.45) is 14.9. The average Bonchev–Trinajstić information content (AvgIpc) is 2.50. The van der Waals surface area contributed by atoms with Crippen LogP contribution in [0.15, 0.2) is 47.0 Å². The van der Waals surface area contributed by atoms with Crippen LogP contribution in [0, 0.1) is 12.3 Å². The molecule has 0 aliphatic heterocycles. The summed E-state index contributed by atoms with van der Waals surface area (Å²) in [6, 6.07) is 6.18. The predicted octanol–water partition coefficient (Wildman–Crippen LogP) is 4.90. The molecule has 0 spiro atoms. The minimum absolute atomic E-state index is 0.112. The van der Waals surface area contributed by atoms with Crippen molar-refractivity contribution in [1.29, 1.82) is 0 Å². The van der Waals surface area contributed by atoms with Crippen LogP contribution in [0.4, 0.5) is 5.69 Å². The van der Waals surface area contributed by atoms with Crippen molar-refractivity contribution in [2.75, 3.05) is 12.3 Å². The van der Waals surface area contributed by atoms with Gasteiger partial charge in [0.25, 0.3) is 0 Å². The number of nitrogens with zero attached hydrogens (tertiary/aromatic N) is 1. The van der Waals surface area contributed by atoms with Crippen LogP contribution in [-0.2, 0) is 5.41 Å². The highest BCUT2D eigenvalue weighted by Crippen LogP contribution is 2.24. The molecule has 0 aromatic heterocycles. The number of hydrogen-bond donors (Lipinski definition) is 1. The molecule has 2 nitrogen and oxygen atoms in total. The molecule has 23 heavy (non-hydrogen) atoms. The number of benzene rings is 1. The molecule has 0 aliphatic rings. The first-order valence-electron chi connectivity index (χ1n) is 8.06. The fraction of sp³-hybridized carbons (Fsp3) is 0.381. The third-order valence-electron chi connectivity index (χ3n) is 3.70. The molecule has 1 aromatic rings. The quantitative estimate of drug-likeness (QED) is 0.262. The zero-order valence-electron chi connectivity index (χ0n) is 14.8. The first-order chi connectivity index (χ1) is 10.9. The van der Waals surface area contributed by atoms with Gasteiger partial charge in [0.15, 0.2) is 0 Å². The molecule has 2 heteroatoms. The van der Waals surface area contributed by atoms with E-state index in [4.69, 9.17) is 12.2 Å². The third-order valence-corrected chi connectivity index (χ3v) is 3.70. The summed E-state index contributed by atoms with van der Waals surface area (Å²) in [4.78, 5) is 4.52. The molecule has 0 unspecified atom stereocenters. The van der Waals surface area contributed by atoms with Crippen LogP contribution in [0.5, 0.6) is 0 Å². The highest BCUT2D eigenvalue weighted by molar-refractivity contribution is 5.87. The van der Waals surface area contributed by atoms with Gasteiger partial charge in [-0.3, -0.25) is 4.99 Å². The number of nitrogens with two attached hydrogens (primary N) is 1. The van der Waals surface area contributed by atoms with Gasteiger partial charge in [-0.1, -0.05) is 50.5 Å². The van der Waals surface area contributed by atoms with Gasteiger partial charge >= 0.3 is 0 Å². The van der Waals surface area contributed by atoms with Crippen LogP contribution >= 0.6 is 0 Å². The molecular formula is C21H28N2. The normalized spacial score (nSPS) is 12.9. The van der Waals surface area contributed by atoms with Crippen molar-refractivity contribution >= 4 is 11.9 Å². The van der Waals surface area contributed by atoms with E-state index in [0.29, 0.717) is 0 Å². The molecule has 0 fully saturated rings. The maximum atomic E-state index is 6.04. The molecule has 0 aliphatic carbocycles. The maximum absolute atomic E-state index is 6.04. The van der Waals surface area contributed by atoms with Gasteiger partial charge in [-0.15, -0.1) is 6.42 Å². The highest BCUT2D eigenvalue weighted by atomic mass is 14.7. The largest absolute Gasteiger partial charge is 0.398 e. The summed E-state index contributed by atoms with van der Waals surface area (Å²) in [5.74, 6) is 2.51. The summed E-state index contributed by atoms with van der Waals surface area (Å²) in [5.41, 5.74) is 10.4. The van der Waals surface area contributed by atoms with E-state index >= 15 is 0 Å². The fourth-order valence-corrected chi connectivity index (χ4v) is 2.17. The Morgan fingerprint density at radius 2 is 2.09 bits per heavy atom. The van der Waals surface area contributed by atoms with Gasteiger partial charge < -0.3 is 5.73 Å². The predicted molar refractivity (Wildman–Crippen MR) is 103 cm³/mol. The fourth-order valence-electron chi connectivity index (χ4n) is 2.17. The Bertz CT molecular complexity index is 635. The minimum Gasteiger partial charge on any atom is -0.398 e. The first-order valence-corrected chi connectivity index (χ1v) is 8.06. The van der Waals surface area contributed by atoms with Crippen molar-refractivity contribution in [3.05, 3.63) is 53.1 Å². The van der Waals surface area contributed by atoms with E-state index in [1.807, 2.05) is 25.3 Å². The summed E-state index contributed by atoms with van der Waals surface area (Å²) in [7, 11) is 0. The lowest BCUT2D eigenvalue weighted by Gasteiger charge is -2.19. The number of allylic oxidation sites excluding steroid dienone is 4. The molecule has 0 saturated heterocycles. The highest BCUT2D eigenvalue weighted by Gasteiger charge is 2.14. The molecule has 2 N–H and O–H groups in total. The summed E-state index contributed by atoms with van der Waals surface area (Å²) >= 11 is 0. The maximum Gasteiger partial charge on any atom is 0.0403 e. The number of anilines is 1. The molecule has 0 saturated carbocycles. The molecule has 0 bridgehead atoms. The van der Waals surface area contributed by atoms with Crippen molar-refractivity contribution in [2.24, 2.45) is 4.99 Å². The van der Waals surface area contributed by atoms with Gasteiger partial charge in [-0.05, 0) is 49.0 Å². The van der Waals surface area contributed by atoms with Crippen molar-refractivity contribution in [2.45, 2.75) is 46.0 Å². The third kappa shape index (κ3) is 6.57. The van der Waals surface area contributed by atoms with Gasteiger partial charge in [-0.25, -0.2) is 0 Å². The molecule has 0 radical (unpaired) electrons. The van der Waals surface area contributed by atoms with Crippen molar-refractivity contribution in [3.63, 3.8) is 0 Å². The second kappa shape index (κ2) is 9.00. The van der Waals surface area contributed by atoms with Crippen molar-refractivity contribution in [3.8, 4) is 12.3 Å². The molecule has 1 aromatic carbocycles. The average molecular weight is 308 g/mol. The summed E-state index contributed by atoms with van der Waals surface area (Å²) in [5, 5.41) is 0. The van der Waals surface area contributed by atoms with Crippen LogP contribution in [0.1, 0.15) is 51.7 Å². The number of nitrogen functional groups attached to an aromatic ring is 1. The van der Waals surface area contributed by atoms with Crippen LogP contribution in [-0.4, -0.2) is 12.8 Å². The molecule has 0 heterocycles. The minimum atomic E-state index is 0.112. The van der Waals surface area contributed by atoms with Crippen LogP contribution in [0.3, 0.4) is 0 Å².